The lowest BCUT2D eigenvalue weighted by atomic mass is 11.0. The highest BCUT2D eigenvalue weighted by atomic mass is 28.4. The second-order valence-corrected chi connectivity index (χ2v) is 13.4. The van der Waals surface area contributed by atoms with Crippen LogP contribution in [-0.2, 0) is 4.12 Å². The smallest absolute Gasteiger partial charge is 0.187 e. The van der Waals surface area contributed by atoms with Crippen molar-refractivity contribution in [3.63, 3.8) is 0 Å². The van der Waals surface area contributed by atoms with Crippen molar-refractivity contribution in [1.29, 1.82) is 0 Å². The molecule has 0 aromatic heterocycles. The van der Waals surface area contributed by atoms with Crippen LogP contribution < -0.4 is 5.32 Å². The van der Waals surface area contributed by atoms with Gasteiger partial charge in [-0.3, -0.25) is 0 Å². The van der Waals surface area contributed by atoms with Crippen LogP contribution in [0.1, 0.15) is 6.92 Å². The molecule has 2 nitrogen and oxygen atoms in total. The molecule has 0 aliphatic carbocycles. The minimum Gasteiger partial charge on any atom is -0.455 e. The van der Waals surface area contributed by atoms with Gasteiger partial charge in [0.1, 0.15) is 0 Å². The van der Waals surface area contributed by atoms with Crippen LogP contribution in [0.3, 0.4) is 0 Å². The van der Waals surface area contributed by atoms with Gasteiger partial charge in [-0.1, -0.05) is 6.92 Å². The molecule has 0 saturated heterocycles. The van der Waals surface area contributed by atoms with E-state index in [1.165, 1.54) is 6.04 Å². The maximum atomic E-state index is 6.23. The minimum absolute atomic E-state index is 1.06. The fourth-order valence-corrected chi connectivity index (χ4v) is 8.98. The van der Waals surface area contributed by atoms with Crippen LogP contribution in [0.2, 0.25) is 32.2 Å². The van der Waals surface area contributed by atoms with Crippen LogP contribution in [0.25, 0.3) is 0 Å². The maximum absolute atomic E-state index is 6.23. The van der Waals surface area contributed by atoms with E-state index in [9.17, 15) is 0 Å². The Bertz CT molecular complexity index is 137. The van der Waals surface area contributed by atoms with E-state index < -0.39 is 16.6 Å². The minimum atomic E-state index is -1.41. The van der Waals surface area contributed by atoms with Gasteiger partial charge in [0.05, 0.1) is 0 Å². The molecule has 0 aliphatic heterocycles. The Kier molecular flexibility index (Phi) is 4.69. The monoisotopic (exact) mass is 205 g/mol. The Labute approximate surface area is 79.0 Å². The third-order valence-corrected chi connectivity index (χ3v) is 9.34. The Morgan fingerprint density at radius 1 is 1.08 bits per heavy atom. The molecule has 0 fully saturated rings. The molecule has 0 aliphatic rings. The molecular weight excluding hydrogens is 182 g/mol. The molecule has 0 saturated carbocycles. The molecule has 0 rings (SSSR count). The second kappa shape index (κ2) is 4.55. The van der Waals surface area contributed by atoms with E-state index in [4.69, 9.17) is 4.12 Å². The van der Waals surface area contributed by atoms with Crippen LogP contribution in [0.4, 0.5) is 0 Å². The largest absolute Gasteiger partial charge is 0.455 e. The third kappa shape index (κ3) is 5.08. The van der Waals surface area contributed by atoms with Crippen molar-refractivity contribution in [3.8, 4) is 0 Å². The first-order valence-corrected chi connectivity index (χ1v) is 10.9. The van der Waals surface area contributed by atoms with Crippen LogP contribution in [0, 0.1) is 0 Å². The summed E-state index contributed by atoms with van der Waals surface area (Å²) in [4.78, 5) is 0. The highest BCUT2D eigenvalue weighted by Gasteiger charge is 2.30. The lowest BCUT2D eigenvalue weighted by Crippen LogP contribution is -2.49. The van der Waals surface area contributed by atoms with Crippen molar-refractivity contribution < 1.29 is 4.12 Å². The lowest BCUT2D eigenvalue weighted by molar-refractivity contribution is 0.535. The Morgan fingerprint density at radius 3 is 1.92 bits per heavy atom. The molecule has 0 unspecified atom stereocenters. The zero-order valence-corrected chi connectivity index (χ0v) is 11.3. The number of hydrogen-bond acceptors (Lipinski definition) is 2. The first-order chi connectivity index (χ1) is 5.33. The number of hydrogen-bond donors (Lipinski definition) is 1. The van der Waals surface area contributed by atoms with Crippen LogP contribution in [0.5, 0.6) is 0 Å². The van der Waals surface area contributed by atoms with Gasteiger partial charge in [-0.2, -0.15) is 0 Å². The van der Waals surface area contributed by atoms with Gasteiger partial charge < -0.3 is 9.43 Å². The van der Waals surface area contributed by atoms with Gasteiger partial charge in [-0.15, -0.1) is 0 Å². The van der Waals surface area contributed by atoms with E-state index in [1.54, 1.807) is 0 Å². The van der Waals surface area contributed by atoms with Crippen molar-refractivity contribution in [2.45, 2.75) is 39.2 Å². The van der Waals surface area contributed by atoms with Crippen LogP contribution in [0.15, 0.2) is 0 Å². The summed E-state index contributed by atoms with van der Waals surface area (Å²) in [6.07, 6.45) is 1.06. The summed E-state index contributed by atoms with van der Waals surface area (Å²) in [6.45, 7) is 11.4. The molecule has 0 amide bonds. The molecule has 0 bridgehead atoms. The normalized spacial score (nSPS) is 13.5. The number of nitrogens with one attached hydrogen (secondary N) is 1. The zero-order valence-electron chi connectivity index (χ0n) is 9.32. The second-order valence-electron chi connectivity index (χ2n) is 4.51. The van der Waals surface area contributed by atoms with Crippen LogP contribution >= 0.6 is 0 Å². The van der Waals surface area contributed by atoms with Gasteiger partial charge in [-0.25, -0.2) is 0 Å². The van der Waals surface area contributed by atoms with E-state index in [0.29, 0.717) is 0 Å². The van der Waals surface area contributed by atoms with Crippen molar-refractivity contribution in [1.82, 2.24) is 5.32 Å². The molecule has 0 spiro atoms. The van der Waals surface area contributed by atoms with Crippen molar-refractivity contribution in [2.75, 3.05) is 13.2 Å². The molecule has 74 valence electrons. The Morgan fingerprint density at radius 2 is 1.58 bits per heavy atom. The average Bonchev–Trinajstić information content (AvgIpc) is 1.85. The topological polar surface area (TPSA) is 21.3 Å². The molecule has 0 aromatic carbocycles. The van der Waals surface area contributed by atoms with E-state index >= 15 is 0 Å². The van der Waals surface area contributed by atoms with Gasteiger partial charge in [0.2, 0.25) is 0 Å². The fraction of sp³-hybridized carbons (Fsp3) is 1.00. The summed E-state index contributed by atoms with van der Waals surface area (Å²) in [5.74, 6) is 0. The quantitative estimate of drug-likeness (QED) is 0.695. The first kappa shape index (κ1) is 12.4. The van der Waals surface area contributed by atoms with Gasteiger partial charge in [0.25, 0.3) is 0 Å². The molecule has 0 aromatic rings. The van der Waals surface area contributed by atoms with E-state index in [-0.39, 0.29) is 0 Å². The van der Waals surface area contributed by atoms with Crippen molar-refractivity contribution >= 4 is 16.6 Å². The van der Waals surface area contributed by atoms with Gasteiger partial charge in [0.15, 0.2) is 16.6 Å². The summed E-state index contributed by atoms with van der Waals surface area (Å²) >= 11 is 0. The summed E-state index contributed by atoms with van der Waals surface area (Å²) < 4.78 is 6.23. The van der Waals surface area contributed by atoms with Crippen molar-refractivity contribution in [3.05, 3.63) is 0 Å². The molecular formula is C8H23NOSi2. The molecule has 12 heavy (non-hydrogen) atoms. The first-order valence-electron chi connectivity index (χ1n) is 4.68. The maximum Gasteiger partial charge on any atom is 0.187 e. The molecule has 1 N–H and O–H groups in total. The highest BCUT2D eigenvalue weighted by molar-refractivity contribution is 6.84. The molecule has 0 atom stereocenters. The van der Waals surface area contributed by atoms with Gasteiger partial charge in [-0.05, 0) is 39.3 Å². The summed E-state index contributed by atoms with van der Waals surface area (Å²) in [5, 5.41) is 3.21. The fourth-order valence-electron chi connectivity index (χ4n) is 1.28. The zero-order chi connectivity index (χ0) is 9.83. The molecule has 0 heterocycles. The summed E-state index contributed by atoms with van der Waals surface area (Å²) in [6, 6.07) is 1.22. The standard InChI is InChI=1S/C8H23NOSi2/c1-7-11(3,4)10-12(5,6)8-9-2/h9H,7-8H2,1-6H3. The Hall–Kier alpha value is 0.354. The van der Waals surface area contributed by atoms with E-state index in [1.807, 2.05) is 7.05 Å². The average molecular weight is 205 g/mol. The van der Waals surface area contributed by atoms with Crippen molar-refractivity contribution in [2.24, 2.45) is 0 Å². The SMILES string of the molecule is CC[Si](C)(C)O[Si](C)(C)CNC. The summed E-state index contributed by atoms with van der Waals surface area (Å²) in [5.41, 5.74) is 0. The van der Waals surface area contributed by atoms with E-state index in [2.05, 4.69) is 38.4 Å². The third-order valence-electron chi connectivity index (χ3n) is 2.01. The predicted molar refractivity (Wildman–Crippen MR) is 60.5 cm³/mol. The lowest BCUT2D eigenvalue weighted by Gasteiger charge is -2.33. The van der Waals surface area contributed by atoms with E-state index in [0.717, 1.165) is 6.17 Å². The van der Waals surface area contributed by atoms with Gasteiger partial charge in [0, 0.05) is 6.17 Å². The predicted octanol–water partition coefficient (Wildman–Crippen LogP) is 2.19. The Balaban J connectivity index is 4.04. The highest BCUT2D eigenvalue weighted by Crippen LogP contribution is 2.16. The number of rotatable bonds is 5. The van der Waals surface area contributed by atoms with Gasteiger partial charge >= 0.3 is 0 Å². The molecule has 0 radical (unpaired) electrons. The van der Waals surface area contributed by atoms with Crippen LogP contribution in [-0.4, -0.2) is 29.9 Å². The molecule has 4 heteroatoms. The summed E-state index contributed by atoms with van der Waals surface area (Å²) in [7, 11) is -0.739.